The van der Waals surface area contributed by atoms with Crippen molar-refractivity contribution >= 4 is 32.9 Å². The minimum atomic E-state index is 0.0285. The van der Waals surface area contributed by atoms with Crippen molar-refractivity contribution in [1.82, 2.24) is 0 Å². The van der Waals surface area contributed by atoms with Crippen molar-refractivity contribution < 1.29 is 9.53 Å². The zero-order valence-corrected chi connectivity index (χ0v) is 13.7. The summed E-state index contributed by atoms with van der Waals surface area (Å²) in [6.45, 7) is 0. The molecule has 0 amide bonds. The first-order valence-corrected chi connectivity index (χ1v) is 8.53. The van der Waals surface area contributed by atoms with Crippen LogP contribution in [0.4, 0.5) is 5.00 Å². The van der Waals surface area contributed by atoms with Gasteiger partial charge in [-0.05, 0) is 42.3 Å². The van der Waals surface area contributed by atoms with Crippen molar-refractivity contribution in [3.05, 3.63) is 58.0 Å². The molecule has 1 aliphatic carbocycles. The molecule has 0 fully saturated rings. The second-order valence-corrected chi connectivity index (χ2v) is 6.92. The molecule has 0 atom stereocenters. The normalized spacial score (nSPS) is 13.3. The van der Waals surface area contributed by atoms with E-state index in [1.54, 1.807) is 18.4 Å². The molecule has 1 heterocycles. The van der Waals surface area contributed by atoms with Gasteiger partial charge in [-0.1, -0.05) is 24.3 Å². The monoisotopic (exact) mass is 323 g/mol. The molecular formula is C19H17NO2S. The lowest BCUT2D eigenvalue weighted by Gasteiger charge is -2.10. The molecule has 4 heteroatoms. The topological polar surface area (TPSA) is 52.3 Å². The van der Waals surface area contributed by atoms with Crippen LogP contribution in [0.25, 0.3) is 10.8 Å². The first-order valence-electron chi connectivity index (χ1n) is 7.71. The number of methoxy groups -OCH3 is 1. The minimum Gasteiger partial charge on any atom is -0.496 e. The molecule has 23 heavy (non-hydrogen) atoms. The summed E-state index contributed by atoms with van der Waals surface area (Å²) in [4.78, 5) is 14.5. The molecule has 0 spiro atoms. The van der Waals surface area contributed by atoms with Gasteiger partial charge in [0.2, 0.25) is 0 Å². The Kier molecular flexibility index (Phi) is 3.34. The van der Waals surface area contributed by atoms with Crippen LogP contribution in [0.5, 0.6) is 5.75 Å². The van der Waals surface area contributed by atoms with Crippen LogP contribution in [0, 0.1) is 0 Å². The van der Waals surface area contributed by atoms with Gasteiger partial charge in [0, 0.05) is 15.8 Å². The van der Waals surface area contributed by atoms with E-state index in [-0.39, 0.29) is 5.78 Å². The summed E-state index contributed by atoms with van der Waals surface area (Å²) in [5.74, 6) is 0.807. The minimum absolute atomic E-state index is 0.0285. The Morgan fingerprint density at radius 1 is 1.13 bits per heavy atom. The first-order chi connectivity index (χ1) is 11.2. The second kappa shape index (κ2) is 5.39. The second-order valence-electron chi connectivity index (χ2n) is 5.79. The average molecular weight is 323 g/mol. The standard InChI is InChI=1S/C19H17NO2S/c1-22-15-10-9-13(11-5-2-3-6-12(11)15)18(21)17-14-7-4-8-16(14)23-19(17)20/h2-3,5-6,9-10H,4,7-8,20H2,1H3. The van der Waals surface area contributed by atoms with E-state index in [1.165, 1.54) is 4.88 Å². The molecule has 0 bridgehead atoms. The van der Waals surface area contributed by atoms with E-state index in [0.717, 1.165) is 46.9 Å². The van der Waals surface area contributed by atoms with E-state index in [0.29, 0.717) is 10.6 Å². The van der Waals surface area contributed by atoms with Gasteiger partial charge in [-0.15, -0.1) is 11.3 Å². The number of fused-ring (bicyclic) bond motifs is 2. The maximum Gasteiger partial charge on any atom is 0.196 e. The van der Waals surface area contributed by atoms with E-state index in [4.69, 9.17) is 10.5 Å². The van der Waals surface area contributed by atoms with Gasteiger partial charge in [0.1, 0.15) is 5.75 Å². The Morgan fingerprint density at radius 2 is 1.91 bits per heavy atom. The third kappa shape index (κ3) is 2.13. The van der Waals surface area contributed by atoms with Crippen molar-refractivity contribution in [3.63, 3.8) is 0 Å². The lowest BCUT2D eigenvalue weighted by Crippen LogP contribution is -2.06. The van der Waals surface area contributed by atoms with Crippen LogP contribution >= 0.6 is 11.3 Å². The SMILES string of the molecule is COc1ccc(C(=O)c2c(N)sc3c2CCC3)c2ccccc12. The predicted octanol–water partition coefficient (Wildman–Crippen LogP) is 4.21. The van der Waals surface area contributed by atoms with Crippen LogP contribution in [-0.4, -0.2) is 12.9 Å². The summed E-state index contributed by atoms with van der Waals surface area (Å²) in [6.07, 6.45) is 3.12. The quantitative estimate of drug-likeness (QED) is 0.735. The van der Waals surface area contributed by atoms with E-state index < -0.39 is 0 Å². The van der Waals surface area contributed by atoms with Crippen molar-refractivity contribution in [2.24, 2.45) is 0 Å². The van der Waals surface area contributed by atoms with Gasteiger partial charge in [0.25, 0.3) is 0 Å². The lowest BCUT2D eigenvalue weighted by atomic mass is 9.95. The predicted molar refractivity (Wildman–Crippen MR) is 94.7 cm³/mol. The number of nitrogens with two attached hydrogens (primary N) is 1. The summed E-state index contributed by atoms with van der Waals surface area (Å²) in [5, 5.41) is 2.51. The molecule has 2 aromatic carbocycles. The number of thiophene rings is 1. The van der Waals surface area contributed by atoms with E-state index in [1.807, 2.05) is 36.4 Å². The number of rotatable bonds is 3. The van der Waals surface area contributed by atoms with Crippen LogP contribution in [0.15, 0.2) is 36.4 Å². The van der Waals surface area contributed by atoms with Crippen LogP contribution in [-0.2, 0) is 12.8 Å². The van der Waals surface area contributed by atoms with Gasteiger partial charge < -0.3 is 10.5 Å². The fourth-order valence-corrected chi connectivity index (χ4v) is 4.61. The molecule has 116 valence electrons. The van der Waals surface area contributed by atoms with Crippen molar-refractivity contribution in [1.29, 1.82) is 0 Å². The molecule has 0 aliphatic heterocycles. The molecule has 2 N–H and O–H groups in total. The number of hydrogen-bond donors (Lipinski definition) is 1. The number of carbonyl (C=O) groups is 1. The Labute approximate surface area is 138 Å². The van der Waals surface area contributed by atoms with Crippen LogP contribution in [0.3, 0.4) is 0 Å². The number of benzene rings is 2. The number of aryl methyl sites for hydroxylation is 1. The molecule has 1 aliphatic rings. The first kappa shape index (κ1) is 14.3. The lowest BCUT2D eigenvalue weighted by molar-refractivity contribution is 0.104. The zero-order valence-electron chi connectivity index (χ0n) is 12.9. The number of hydrogen-bond acceptors (Lipinski definition) is 4. The van der Waals surface area contributed by atoms with Crippen molar-refractivity contribution in [2.45, 2.75) is 19.3 Å². The third-order valence-electron chi connectivity index (χ3n) is 4.52. The number of ether oxygens (including phenoxy) is 1. The highest BCUT2D eigenvalue weighted by molar-refractivity contribution is 7.16. The molecule has 4 rings (SSSR count). The van der Waals surface area contributed by atoms with Crippen molar-refractivity contribution in [3.8, 4) is 5.75 Å². The highest BCUT2D eigenvalue weighted by atomic mass is 32.1. The summed E-state index contributed by atoms with van der Waals surface area (Å²) in [7, 11) is 1.65. The van der Waals surface area contributed by atoms with E-state index in [9.17, 15) is 4.79 Å². The third-order valence-corrected chi connectivity index (χ3v) is 5.65. The average Bonchev–Trinajstić information content (AvgIpc) is 3.13. The van der Waals surface area contributed by atoms with Gasteiger partial charge in [-0.25, -0.2) is 0 Å². The largest absolute Gasteiger partial charge is 0.496 e. The Morgan fingerprint density at radius 3 is 2.70 bits per heavy atom. The van der Waals surface area contributed by atoms with E-state index >= 15 is 0 Å². The zero-order chi connectivity index (χ0) is 16.0. The summed E-state index contributed by atoms with van der Waals surface area (Å²) >= 11 is 1.57. The smallest absolute Gasteiger partial charge is 0.196 e. The molecule has 0 saturated heterocycles. The molecule has 1 aromatic heterocycles. The van der Waals surface area contributed by atoms with Gasteiger partial charge >= 0.3 is 0 Å². The molecule has 0 unspecified atom stereocenters. The number of carbonyl (C=O) groups excluding carboxylic acids is 1. The number of ketones is 1. The van der Waals surface area contributed by atoms with Gasteiger partial charge in [0.15, 0.2) is 5.78 Å². The van der Waals surface area contributed by atoms with Gasteiger partial charge in [-0.3, -0.25) is 4.79 Å². The molecule has 3 nitrogen and oxygen atoms in total. The maximum absolute atomic E-state index is 13.2. The van der Waals surface area contributed by atoms with Crippen LogP contribution in [0.2, 0.25) is 0 Å². The number of nitrogen functional groups attached to an aromatic ring is 1. The fourth-order valence-electron chi connectivity index (χ4n) is 3.46. The highest BCUT2D eigenvalue weighted by Crippen LogP contribution is 2.39. The van der Waals surface area contributed by atoms with Crippen molar-refractivity contribution in [2.75, 3.05) is 12.8 Å². The van der Waals surface area contributed by atoms with Gasteiger partial charge in [0.05, 0.1) is 17.7 Å². The molecular weight excluding hydrogens is 306 g/mol. The Hall–Kier alpha value is -2.33. The maximum atomic E-state index is 13.2. The summed E-state index contributed by atoms with van der Waals surface area (Å²) in [5.41, 5.74) is 8.74. The number of anilines is 1. The molecule has 0 radical (unpaired) electrons. The summed E-state index contributed by atoms with van der Waals surface area (Å²) in [6, 6.07) is 11.6. The fraction of sp³-hybridized carbons (Fsp3) is 0.211. The highest BCUT2D eigenvalue weighted by Gasteiger charge is 2.27. The Bertz CT molecular complexity index is 927. The summed E-state index contributed by atoms with van der Waals surface area (Å²) < 4.78 is 5.42. The van der Waals surface area contributed by atoms with Gasteiger partial charge in [-0.2, -0.15) is 0 Å². The Balaban J connectivity index is 1.92. The van der Waals surface area contributed by atoms with Crippen LogP contribution in [0.1, 0.15) is 32.8 Å². The van der Waals surface area contributed by atoms with E-state index in [2.05, 4.69) is 0 Å². The van der Waals surface area contributed by atoms with Crippen LogP contribution < -0.4 is 10.5 Å². The molecule has 0 saturated carbocycles. The molecule has 3 aromatic rings.